The number of carbonyl (C=O) groups is 1. The van der Waals surface area contributed by atoms with E-state index in [-0.39, 0.29) is 11.9 Å². The number of hydrogen-bond acceptors (Lipinski definition) is 4. The normalized spacial score (nSPS) is 12.6. The first-order chi connectivity index (χ1) is 11.9. The molecule has 5 heteroatoms. The van der Waals surface area contributed by atoms with Gasteiger partial charge < -0.3 is 9.42 Å². The van der Waals surface area contributed by atoms with E-state index in [9.17, 15) is 4.79 Å². The van der Waals surface area contributed by atoms with Crippen molar-refractivity contribution in [3.8, 4) is 0 Å². The zero-order valence-electron chi connectivity index (χ0n) is 15.9. The predicted octanol–water partition coefficient (Wildman–Crippen LogP) is 3.47. The number of nitrogens with zero attached hydrogens (tertiary/aromatic N) is 3. The number of likely N-dealkylation sites (N-methyl/N-ethyl adjacent to an activating group) is 1. The third-order valence-electron chi connectivity index (χ3n) is 4.72. The third kappa shape index (κ3) is 5.43. The summed E-state index contributed by atoms with van der Waals surface area (Å²) in [6.07, 6.45) is 0.978. The number of benzene rings is 1. The van der Waals surface area contributed by atoms with Gasteiger partial charge in [0.1, 0.15) is 0 Å². The summed E-state index contributed by atoms with van der Waals surface area (Å²) < 4.78 is 5.36. The average Bonchev–Trinajstić information content (AvgIpc) is 3.07. The molecule has 0 aliphatic rings. The van der Waals surface area contributed by atoms with Crippen molar-refractivity contribution in [1.29, 1.82) is 0 Å². The molecule has 1 atom stereocenters. The Hall–Kier alpha value is -2.14. The van der Waals surface area contributed by atoms with Crippen molar-refractivity contribution in [1.82, 2.24) is 15.0 Å². The molecule has 2 aromatic rings. The number of amides is 1. The van der Waals surface area contributed by atoms with Gasteiger partial charge in [0.05, 0.1) is 6.54 Å². The molecule has 0 bridgehead atoms. The predicted molar refractivity (Wildman–Crippen MR) is 99.4 cm³/mol. The Morgan fingerprint density at radius 1 is 1.16 bits per heavy atom. The molecule has 0 fully saturated rings. The van der Waals surface area contributed by atoms with Crippen LogP contribution in [-0.4, -0.2) is 47.5 Å². The monoisotopic (exact) mass is 343 g/mol. The van der Waals surface area contributed by atoms with Gasteiger partial charge >= 0.3 is 0 Å². The van der Waals surface area contributed by atoms with Crippen LogP contribution in [0.1, 0.15) is 42.6 Å². The van der Waals surface area contributed by atoms with Crippen molar-refractivity contribution in [3.63, 3.8) is 0 Å². The molecule has 0 radical (unpaired) electrons. The van der Waals surface area contributed by atoms with Gasteiger partial charge in [-0.25, -0.2) is 0 Å². The molecule has 0 aliphatic heterocycles. The number of aromatic nitrogens is 1. The van der Waals surface area contributed by atoms with E-state index in [4.69, 9.17) is 4.52 Å². The van der Waals surface area contributed by atoms with E-state index in [1.165, 1.54) is 5.56 Å². The molecule has 0 spiro atoms. The van der Waals surface area contributed by atoms with Gasteiger partial charge in [-0.15, -0.1) is 0 Å². The van der Waals surface area contributed by atoms with Gasteiger partial charge in [0.25, 0.3) is 5.91 Å². The van der Waals surface area contributed by atoms with Crippen LogP contribution in [0.4, 0.5) is 0 Å². The van der Waals surface area contributed by atoms with Gasteiger partial charge in [0, 0.05) is 25.7 Å². The molecule has 5 nitrogen and oxygen atoms in total. The Labute approximate surface area is 150 Å². The average molecular weight is 343 g/mol. The largest absolute Gasteiger partial charge is 0.359 e. The number of carbonyl (C=O) groups excluding carboxylic acids is 1. The Balaban J connectivity index is 1.89. The van der Waals surface area contributed by atoms with Crippen LogP contribution in [0, 0.1) is 5.92 Å². The third-order valence-corrected chi connectivity index (χ3v) is 4.72. The highest BCUT2D eigenvalue weighted by Crippen LogP contribution is 2.14. The molecule has 0 unspecified atom stereocenters. The Kier molecular flexibility index (Phi) is 6.76. The smallest absolute Gasteiger partial charge is 0.276 e. The summed E-state index contributed by atoms with van der Waals surface area (Å²) in [7, 11) is 3.85. The van der Waals surface area contributed by atoms with Gasteiger partial charge in [-0.05, 0) is 31.9 Å². The summed E-state index contributed by atoms with van der Waals surface area (Å²) in [6, 6.07) is 12.3. The minimum atomic E-state index is -0.0943. The number of rotatable bonds is 8. The zero-order chi connectivity index (χ0) is 18.4. The van der Waals surface area contributed by atoms with Crippen molar-refractivity contribution >= 4 is 5.91 Å². The SMILES string of the molecule is CC(C)[C@H](C)N(C)C(=O)c1cc(CN(C)CCc2ccccc2)on1. The van der Waals surface area contributed by atoms with Crippen molar-refractivity contribution < 1.29 is 9.32 Å². The molecule has 1 aromatic carbocycles. The molecule has 0 saturated heterocycles. The van der Waals surface area contributed by atoms with Crippen molar-refractivity contribution in [3.05, 3.63) is 53.4 Å². The fourth-order valence-electron chi connectivity index (χ4n) is 2.61. The fourth-order valence-corrected chi connectivity index (χ4v) is 2.61. The Bertz CT molecular complexity index is 667. The summed E-state index contributed by atoms with van der Waals surface area (Å²) in [6.45, 7) is 7.80. The zero-order valence-corrected chi connectivity index (χ0v) is 15.9. The standard InChI is InChI=1S/C20H29N3O2/c1-15(2)16(3)23(5)20(24)19-13-18(25-21-19)14-22(4)12-11-17-9-7-6-8-10-17/h6-10,13,15-16H,11-12,14H2,1-5H3/t16-/m0/s1. The summed E-state index contributed by atoms with van der Waals surface area (Å²) in [5.41, 5.74) is 1.69. The molecule has 0 aliphatic carbocycles. The molecular weight excluding hydrogens is 314 g/mol. The van der Waals surface area contributed by atoms with Crippen LogP contribution in [0.5, 0.6) is 0 Å². The quantitative estimate of drug-likeness (QED) is 0.736. The Morgan fingerprint density at radius 2 is 1.84 bits per heavy atom. The van der Waals surface area contributed by atoms with Crippen molar-refractivity contribution in [2.45, 2.75) is 39.8 Å². The molecular formula is C20H29N3O2. The maximum absolute atomic E-state index is 12.5. The first kappa shape index (κ1) is 19.2. The topological polar surface area (TPSA) is 49.6 Å². The van der Waals surface area contributed by atoms with E-state index < -0.39 is 0 Å². The molecule has 1 aromatic heterocycles. The maximum atomic E-state index is 12.5. The molecule has 0 saturated carbocycles. The van der Waals surface area contributed by atoms with Crippen LogP contribution >= 0.6 is 0 Å². The van der Waals surface area contributed by atoms with E-state index in [0.29, 0.717) is 23.9 Å². The Morgan fingerprint density at radius 3 is 2.48 bits per heavy atom. The van der Waals surface area contributed by atoms with Crippen LogP contribution in [0.3, 0.4) is 0 Å². The second-order valence-electron chi connectivity index (χ2n) is 7.05. The summed E-state index contributed by atoms with van der Waals surface area (Å²) in [5, 5.41) is 3.96. The van der Waals surface area contributed by atoms with Crippen LogP contribution in [0.15, 0.2) is 40.9 Å². The van der Waals surface area contributed by atoms with Gasteiger partial charge in [0.2, 0.25) is 0 Å². The minimum absolute atomic E-state index is 0.0943. The van der Waals surface area contributed by atoms with E-state index in [1.807, 2.05) is 27.1 Å². The molecule has 2 rings (SSSR count). The molecule has 0 N–H and O–H groups in total. The van der Waals surface area contributed by atoms with E-state index >= 15 is 0 Å². The lowest BCUT2D eigenvalue weighted by Crippen LogP contribution is -2.38. The van der Waals surface area contributed by atoms with E-state index in [1.54, 1.807) is 11.0 Å². The summed E-state index contributed by atoms with van der Waals surface area (Å²) in [5.74, 6) is 1.01. The highest BCUT2D eigenvalue weighted by molar-refractivity contribution is 5.92. The van der Waals surface area contributed by atoms with Gasteiger partial charge in [-0.1, -0.05) is 49.3 Å². The molecule has 1 amide bonds. The van der Waals surface area contributed by atoms with Crippen LogP contribution < -0.4 is 0 Å². The van der Waals surface area contributed by atoms with Crippen LogP contribution in [0.2, 0.25) is 0 Å². The molecule has 25 heavy (non-hydrogen) atoms. The molecule has 1 heterocycles. The summed E-state index contributed by atoms with van der Waals surface area (Å²) in [4.78, 5) is 16.4. The summed E-state index contributed by atoms with van der Waals surface area (Å²) >= 11 is 0. The van der Waals surface area contributed by atoms with Crippen LogP contribution in [-0.2, 0) is 13.0 Å². The first-order valence-corrected chi connectivity index (χ1v) is 8.83. The lowest BCUT2D eigenvalue weighted by atomic mass is 10.1. The van der Waals surface area contributed by atoms with Gasteiger partial charge in [-0.2, -0.15) is 0 Å². The first-order valence-electron chi connectivity index (χ1n) is 8.83. The van der Waals surface area contributed by atoms with Crippen LogP contribution in [0.25, 0.3) is 0 Å². The van der Waals surface area contributed by atoms with E-state index in [0.717, 1.165) is 13.0 Å². The second kappa shape index (κ2) is 8.81. The van der Waals surface area contributed by atoms with Crippen molar-refractivity contribution in [2.24, 2.45) is 5.92 Å². The van der Waals surface area contributed by atoms with Crippen molar-refractivity contribution in [2.75, 3.05) is 20.6 Å². The lowest BCUT2D eigenvalue weighted by Gasteiger charge is -2.27. The lowest BCUT2D eigenvalue weighted by molar-refractivity contribution is 0.0696. The fraction of sp³-hybridized carbons (Fsp3) is 0.500. The maximum Gasteiger partial charge on any atom is 0.276 e. The number of hydrogen-bond donors (Lipinski definition) is 0. The van der Waals surface area contributed by atoms with Gasteiger partial charge in [-0.3, -0.25) is 9.69 Å². The highest BCUT2D eigenvalue weighted by atomic mass is 16.5. The molecule has 136 valence electrons. The minimum Gasteiger partial charge on any atom is -0.359 e. The highest BCUT2D eigenvalue weighted by Gasteiger charge is 2.23. The second-order valence-corrected chi connectivity index (χ2v) is 7.05. The van der Waals surface area contributed by atoms with Gasteiger partial charge in [0.15, 0.2) is 11.5 Å². The van der Waals surface area contributed by atoms with E-state index in [2.05, 4.69) is 48.2 Å².